The van der Waals surface area contributed by atoms with E-state index in [4.69, 9.17) is 4.98 Å². The van der Waals surface area contributed by atoms with Gasteiger partial charge in [-0.05, 0) is 49.6 Å². The van der Waals surface area contributed by atoms with Gasteiger partial charge in [0.25, 0.3) is 0 Å². The lowest BCUT2D eigenvalue weighted by molar-refractivity contribution is 0.602. The number of hydrogen-bond acceptors (Lipinski definition) is 4. The lowest BCUT2D eigenvalue weighted by atomic mass is 10.1. The molecule has 0 fully saturated rings. The zero-order chi connectivity index (χ0) is 21.6. The number of sulfone groups is 1. The first-order chi connectivity index (χ1) is 14.4. The molecule has 3 aromatic rings. The van der Waals surface area contributed by atoms with Crippen LogP contribution in [-0.4, -0.2) is 49.7 Å². The molecule has 2 N–H and O–H groups in total. The maximum Gasteiger partial charge on any atom is 0.191 e. The monoisotopic (exact) mass is 555 g/mol. The highest BCUT2D eigenvalue weighted by molar-refractivity contribution is 14.0. The number of halogens is 1. The number of aryl methyl sites for hydroxylation is 1. The van der Waals surface area contributed by atoms with Crippen LogP contribution >= 0.6 is 24.0 Å². The summed E-state index contributed by atoms with van der Waals surface area (Å²) in [5.74, 6) is 0.769. The number of aliphatic imine (C=N–C) groups is 1. The summed E-state index contributed by atoms with van der Waals surface area (Å²) in [6.07, 6.45) is 6.83. The first-order valence-electron chi connectivity index (χ1n) is 10.1. The standard InChI is InChI=1S/C22H29N5O2S.HI/c1-4-23-22(24-13-11-18-7-9-20(10-8-18)30(3,28)29)25-14-12-19-16-27-15-5-6-17(2)21(27)26-19;/h5-10,15-16H,4,11-14H2,1-3H3,(H2,23,24,25);1H. The molecular weight excluding hydrogens is 525 g/mol. The van der Waals surface area contributed by atoms with Crippen molar-refractivity contribution in [1.82, 2.24) is 20.0 Å². The van der Waals surface area contributed by atoms with Gasteiger partial charge in [-0.1, -0.05) is 18.2 Å². The van der Waals surface area contributed by atoms with Crippen molar-refractivity contribution < 1.29 is 8.42 Å². The van der Waals surface area contributed by atoms with Gasteiger partial charge in [-0.3, -0.25) is 4.99 Å². The average molecular weight is 555 g/mol. The van der Waals surface area contributed by atoms with Gasteiger partial charge in [0.2, 0.25) is 0 Å². The molecule has 1 aromatic carbocycles. The molecular formula is C22H30IN5O2S. The Morgan fingerprint density at radius 2 is 1.87 bits per heavy atom. The third-order valence-corrected chi connectivity index (χ3v) is 5.90. The maximum absolute atomic E-state index is 11.5. The Labute approximate surface area is 201 Å². The minimum absolute atomic E-state index is 0. The molecule has 0 amide bonds. The first-order valence-corrected chi connectivity index (χ1v) is 12.0. The van der Waals surface area contributed by atoms with Crippen molar-refractivity contribution in [3.63, 3.8) is 0 Å². The van der Waals surface area contributed by atoms with E-state index in [1.165, 1.54) is 6.26 Å². The molecule has 0 saturated heterocycles. The molecule has 0 aliphatic carbocycles. The van der Waals surface area contributed by atoms with Gasteiger partial charge in [-0.2, -0.15) is 0 Å². The predicted octanol–water partition coefficient (Wildman–Crippen LogP) is 3.00. The minimum Gasteiger partial charge on any atom is -0.357 e. The third-order valence-electron chi connectivity index (χ3n) is 4.77. The Kier molecular flexibility index (Phi) is 9.30. The Hall–Kier alpha value is -2.14. The molecule has 31 heavy (non-hydrogen) atoms. The van der Waals surface area contributed by atoms with Gasteiger partial charge in [0.1, 0.15) is 5.65 Å². The van der Waals surface area contributed by atoms with Gasteiger partial charge in [-0.25, -0.2) is 13.4 Å². The zero-order valence-electron chi connectivity index (χ0n) is 18.1. The van der Waals surface area contributed by atoms with Crippen molar-refractivity contribution in [1.29, 1.82) is 0 Å². The van der Waals surface area contributed by atoms with Gasteiger partial charge in [0.15, 0.2) is 15.8 Å². The summed E-state index contributed by atoms with van der Waals surface area (Å²) in [7, 11) is -3.16. The SMILES string of the molecule is CCNC(=NCCc1cn2cccc(C)c2n1)NCCc1ccc(S(C)(=O)=O)cc1.I. The minimum atomic E-state index is -3.16. The number of imidazole rings is 1. The van der Waals surface area contributed by atoms with Crippen molar-refractivity contribution in [3.05, 3.63) is 65.6 Å². The number of benzene rings is 1. The number of aromatic nitrogens is 2. The Morgan fingerprint density at radius 3 is 2.52 bits per heavy atom. The predicted molar refractivity (Wildman–Crippen MR) is 136 cm³/mol. The number of pyridine rings is 1. The number of rotatable bonds is 8. The largest absolute Gasteiger partial charge is 0.357 e. The summed E-state index contributed by atoms with van der Waals surface area (Å²) in [5, 5.41) is 6.58. The Balaban J connectivity index is 0.00000341. The van der Waals surface area contributed by atoms with Crippen molar-refractivity contribution in [2.75, 3.05) is 25.9 Å². The van der Waals surface area contributed by atoms with Gasteiger partial charge >= 0.3 is 0 Å². The fraction of sp³-hybridized carbons (Fsp3) is 0.364. The summed E-state index contributed by atoms with van der Waals surface area (Å²) in [6, 6.07) is 11.1. The summed E-state index contributed by atoms with van der Waals surface area (Å²) in [6.45, 7) is 6.22. The third kappa shape index (κ3) is 7.20. The fourth-order valence-electron chi connectivity index (χ4n) is 3.18. The van der Waals surface area contributed by atoms with E-state index in [0.717, 1.165) is 47.8 Å². The van der Waals surface area contributed by atoms with E-state index in [1.807, 2.05) is 35.7 Å². The lowest BCUT2D eigenvalue weighted by Gasteiger charge is -2.11. The fourth-order valence-corrected chi connectivity index (χ4v) is 3.81. The van der Waals surface area contributed by atoms with Crippen LogP contribution in [-0.2, 0) is 22.7 Å². The van der Waals surface area contributed by atoms with Crippen LogP contribution in [0.1, 0.15) is 23.7 Å². The van der Waals surface area contributed by atoms with Gasteiger partial charge in [0.05, 0.1) is 10.6 Å². The van der Waals surface area contributed by atoms with E-state index in [2.05, 4.69) is 34.8 Å². The molecule has 0 bridgehead atoms. The highest BCUT2D eigenvalue weighted by atomic mass is 127. The average Bonchev–Trinajstić information content (AvgIpc) is 3.12. The smallest absolute Gasteiger partial charge is 0.191 e. The molecule has 0 unspecified atom stereocenters. The van der Waals surface area contributed by atoms with E-state index in [9.17, 15) is 8.42 Å². The molecule has 0 aliphatic heterocycles. The molecule has 9 heteroatoms. The number of nitrogens with one attached hydrogen (secondary N) is 2. The number of fused-ring (bicyclic) bond motifs is 1. The van der Waals surface area contributed by atoms with Crippen LogP contribution in [0.5, 0.6) is 0 Å². The highest BCUT2D eigenvalue weighted by Gasteiger charge is 2.06. The summed E-state index contributed by atoms with van der Waals surface area (Å²) in [5.41, 5.74) is 4.25. The van der Waals surface area contributed by atoms with Crippen LogP contribution < -0.4 is 10.6 Å². The first kappa shape index (κ1) is 25.1. The van der Waals surface area contributed by atoms with Crippen LogP contribution in [0.2, 0.25) is 0 Å². The van der Waals surface area contributed by atoms with Crippen LogP contribution in [0.3, 0.4) is 0 Å². The molecule has 0 radical (unpaired) electrons. The van der Waals surface area contributed by atoms with Crippen molar-refractivity contribution in [2.45, 2.75) is 31.6 Å². The van der Waals surface area contributed by atoms with Crippen LogP contribution in [0, 0.1) is 6.92 Å². The lowest BCUT2D eigenvalue weighted by Crippen LogP contribution is -2.38. The summed E-state index contributed by atoms with van der Waals surface area (Å²) < 4.78 is 25.1. The van der Waals surface area contributed by atoms with Gasteiger partial charge in [-0.15, -0.1) is 24.0 Å². The van der Waals surface area contributed by atoms with Gasteiger partial charge < -0.3 is 15.0 Å². The van der Waals surface area contributed by atoms with E-state index < -0.39 is 9.84 Å². The van der Waals surface area contributed by atoms with Crippen LogP contribution in [0.4, 0.5) is 0 Å². The van der Waals surface area contributed by atoms with Crippen LogP contribution in [0.25, 0.3) is 5.65 Å². The topological polar surface area (TPSA) is 87.9 Å². The molecule has 0 spiro atoms. The van der Waals surface area contributed by atoms with E-state index in [-0.39, 0.29) is 24.0 Å². The van der Waals surface area contributed by atoms with Crippen molar-refractivity contribution >= 4 is 45.4 Å². The Morgan fingerprint density at radius 1 is 1.13 bits per heavy atom. The van der Waals surface area contributed by atoms with Crippen molar-refractivity contribution in [2.24, 2.45) is 4.99 Å². The quantitative estimate of drug-likeness (QED) is 0.254. The molecule has 168 valence electrons. The van der Waals surface area contributed by atoms with Gasteiger partial charge in [0, 0.05) is 44.7 Å². The highest BCUT2D eigenvalue weighted by Crippen LogP contribution is 2.11. The number of nitrogens with zero attached hydrogens (tertiary/aromatic N) is 3. The van der Waals surface area contributed by atoms with E-state index in [1.54, 1.807) is 12.1 Å². The Bertz CT molecular complexity index is 1120. The van der Waals surface area contributed by atoms with Crippen LogP contribution in [0.15, 0.2) is 58.7 Å². The van der Waals surface area contributed by atoms with Crippen molar-refractivity contribution in [3.8, 4) is 0 Å². The molecule has 2 aromatic heterocycles. The molecule has 0 atom stereocenters. The molecule has 7 nitrogen and oxygen atoms in total. The van der Waals surface area contributed by atoms with E-state index >= 15 is 0 Å². The second kappa shape index (κ2) is 11.5. The summed E-state index contributed by atoms with van der Waals surface area (Å²) >= 11 is 0. The zero-order valence-corrected chi connectivity index (χ0v) is 21.3. The molecule has 0 aliphatic rings. The summed E-state index contributed by atoms with van der Waals surface area (Å²) in [4.78, 5) is 9.68. The van der Waals surface area contributed by atoms with E-state index in [0.29, 0.717) is 18.0 Å². The molecule has 2 heterocycles. The maximum atomic E-state index is 11.5. The number of hydrogen-bond donors (Lipinski definition) is 2. The molecule has 3 rings (SSSR count). The normalized spacial score (nSPS) is 11.9. The molecule has 0 saturated carbocycles. The number of guanidine groups is 1. The second-order valence-corrected chi connectivity index (χ2v) is 9.27. The second-order valence-electron chi connectivity index (χ2n) is 7.26.